The Bertz CT molecular complexity index is 1270. The van der Waals surface area contributed by atoms with Gasteiger partial charge in [0.25, 0.3) is 0 Å². The first kappa shape index (κ1) is 34.9. The van der Waals surface area contributed by atoms with Crippen molar-refractivity contribution >= 4 is 11.9 Å². The van der Waals surface area contributed by atoms with Crippen LogP contribution in [0, 0.1) is 0 Å². The highest BCUT2D eigenvalue weighted by Gasteiger charge is 2.23. The monoisotopic (exact) mass is 603 g/mol. The van der Waals surface area contributed by atoms with Crippen molar-refractivity contribution in [3.8, 4) is 0 Å². The average molecular weight is 604 g/mol. The van der Waals surface area contributed by atoms with Crippen LogP contribution in [0.3, 0.4) is 0 Å². The number of aryl methyl sites for hydroxylation is 3. The number of amides is 1. The molecule has 3 aliphatic carbocycles. The van der Waals surface area contributed by atoms with E-state index in [1.165, 1.54) is 47.6 Å². The van der Waals surface area contributed by atoms with Crippen LogP contribution in [-0.2, 0) is 43.1 Å². The molecule has 8 nitrogen and oxygen atoms in total. The number of methoxy groups -OCH3 is 2. The molecular weight excluding hydrogens is 554 g/mol. The highest BCUT2D eigenvalue weighted by molar-refractivity contribution is 5.77. The van der Waals surface area contributed by atoms with Gasteiger partial charge >= 0.3 is 5.97 Å². The van der Waals surface area contributed by atoms with E-state index < -0.39 is 0 Å². The fourth-order valence-electron chi connectivity index (χ4n) is 5.67. The maximum absolute atomic E-state index is 11.4. The van der Waals surface area contributed by atoms with Gasteiger partial charge in [-0.2, -0.15) is 0 Å². The van der Waals surface area contributed by atoms with Gasteiger partial charge in [-0.3, -0.25) is 4.79 Å². The summed E-state index contributed by atoms with van der Waals surface area (Å²) in [6, 6.07) is 25.9. The Balaban J connectivity index is 0.000000164. The Kier molecular flexibility index (Phi) is 14.5. The number of carbonyl (C=O) groups excluding carboxylic acids is 2. The van der Waals surface area contributed by atoms with Crippen LogP contribution in [0.25, 0.3) is 0 Å². The summed E-state index contributed by atoms with van der Waals surface area (Å²) in [5.74, 6) is -0.355. The van der Waals surface area contributed by atoms with E-state index in [-0.39, 0.29) is 37.2 Å². The topological polar surface area (TPSA) is 126 Å². The van der Waals surface area contributed by atoms with Gasteiger partial charge in [-0.15, -0.1) is 0 Å². The lowest BCUT2D eigenvalue weighted by Gasteiger charge is -2.13. The molecule has 8 heteroatoms. The smallest absolute Gasteiger partial charge is 0.332 e. The van der Waals surface area contributed by atoms with Gasteiger partial charge in [0.2, 0.25) is 5.91 Å². The molecular formula is C36H49N3O5. The number of esters is 1. The Morgan fingerprint density at radius 2 is 1.14 bits per heavy atom. The summed E-state index contributed by atoms with van der Waals surface area (Å²) in [5, 5.41) is 2.97. The molecule has 1 unspecified atom stereocenters. The summed E-state index contributed by atoms with van der Waals surface area (Å²) in [6.07, 6.45) is 6.57. The van der Waals surface area contributed by atoms with E-state index >= 15 is 0 Å². The van der Waals surface area contributed by atoms with Crippen molar-refractivity contribution in [2.24, 2.45) is 11.5 Å². The molecule has 6 rings (SSSR count). The second kappa shape index (κ2) is 18.3. The molecule has 3 aromatic rings. The summed E-state index contributed by atoms with van der Waals surface area (Å²) >= 11 is 0. The summed E-state index contributed by atoms with van der Waals surface area (Å²) < 4.78 is 14.0. The minimum absolute atomic E-state index is 0.0399. The third kappa shape index (κ3) is 10.9. The van der Waals surface area contributed by atoms with Gasteiger partial charge in [0.05, 0.1) is 12.1 Å². The number of ether oxygens (including phenoxy) is 3. The first-order valence-electron chi connectivity index (χ1n) is 15.4. The van der Waals surface area contributed by atoms with Crippen molar-refractivity contribution in [2.75, 3.05) is 27.4 Å². The van der Waals surface area contributed by atoms with Crippen molar-refractivity contribution in [3.05, 3.63) is 106 Å². The van der Waals surface area contributed by atoms with Gasteiger partial charge in [-0.05, 0) is 85.8 Å². The number of nitrogens with two attached hydrogens (primary N) is 2. The quantitative estimate of drug-likeness (QED) is 0.327. The van der Waals surface area contributed by atoms with Crippen LogP contribution < -0.4 is 16.8 Å². The Morgan fingerprint density at radius 3 is 1.59 bits per heavy atom. The zero-order valence-corrected chi connectivity index (χ0v) is 26.6. The third-order valence-electron chi connectivity index (χ3n) is 7.73. The molecule has 3 aromatic carbocycles. The fraction of sp³-hybridized carbons (Fsp3) is 0.444. The molecule has 3 aliphatic rings. The molecule has 0 fully saturated rings. The molecule has 0 radical (unpaired) electrons. The lowest BCUT2D eigenvalue weighted by Crippen LogP contribution is -2.30. The van der Waals surface area contributed by atoms with Crippen LogP contribution in [0.15, 0.2) is 72.8 Å². The number of fused-ring (bicyclic) bond motifs is 3. The standard InChI is InChI=1S/C12H15NO2.2C9H11N.C6H12O3/c1-15-8-12(14)13-11-7-6-9-4-2-3-5-10(9)11;2*10-9-6-5-7-3-1-2-4-8(7)9;1-5(2)9-6(7)4-8-3/h2-5,11H,6-8H2,1H3,(H,13,14);2*1-4,9H,5-6,10H2;5H,4H2,1-3H3/t11-;9-;;/m10../s1. The summed E-state index contributed by atoms with van der Waals surface area (Å²) in [4.78, 5) is 21.9. The normalized spacial score (nSPS) is 18.7. The summed E-state index contributed by atoms with van der Waals surface area (Å²) in [7, 11) is 2.99. The van der Waals surface area contributed by atoms with Crippen LogP contribution in [0.2, 0.25) is 0 Å². The minimum atomic E-state index is -0.312. The van der Waals surface area contributed by atoms with Crippen LogP contribution in [-0.4, -0.2) is 45.4 Å². The van der Waals surface area contributed by atoms with E-state index in [0.717, 1.165) is 38.5 Å². The molecule has 44 heavy (non-hydrogen) atoms. The Morgan fingerprint density at radius 1 is 0.705 bits per heavy atom. The van der Waals surface area contributed by atoms with Gasteiger partial charge in [0.1, 0.15) is 13.2 Å². The molecule has 0 saturated heterocycles. The maximum atomic E-state index is 11.4. The zero-order valence-electron chi connectivity index (χ0n) is 26.6. The van der Waals surface area contributed by atoms with Crippen LogP contribution >= 0.6 is 0 Å². The van der Waals surface area contributed by atoms with Gasteiger partial charge in [-0.25, -0.2) is 4.79 Å². The van der Waals surface area contributed by atoms with Gasteiger partial charge in [0.15, 0.2) is 0 Å². The zero-order chi connectivity index (χ0) is 31.9. The van der Waals surface area contributed by atoms with E-state index in [9.17, 15) is 9.59 Å². The van der Waals surface area contributed by atoms with Gasteiger partial charge in [0, 0.05) is 26.3 Å². The summed E-state index contributed by atoms with van der Waals surface area (Å²) in [5.41, 5.74) is 19.9. The van der Waals surface area contributed by atoms with E-state index in [1.807, 2.05) is 12.1 Å². The SMILES string of the molecule is COCC(=O)N[C@@H]1CCc2ccccc21.COCC(=O)OC(C)C.NC1CCc2ccccc21.N[C@H]1CCc2ccccc21. The maximum Gasteiger partial charge on any atom is 0.332 e. The average Bonchev–Trinajstić information content (AvgIpc) is 3.71. The molecule has 238 valence electrons. The van der Waals surface area contributed by atoms with Crippen molar-refractivity contribution in [3.63, 3.8) is 0 Å². The molecule has 0 aliphatic heterocycles. The molecule has 3 atom stereocenters. The Labute approximate surface area is 262 Å². The Hall–Kier alpha value is -3.56. The van der Waals surface area contributed by atoms with Crippen molar-refractivity contribution in [1.29, 1.82) is 0 Å². The van der Waals surface area contributed by atoms with E-state index in [2.05, 4.69) is 70.7 Å². The van der Waals surface area contributed by atoms with Crippen LogP contribution in [0.5, 0.6) is 0 Å². The highest BCUT2D eigenvalue weighted by atomic mass is 16.6. The minimum Gasteiger partial charge on any atom is -0.461 e. The van der Waals surface area contributed by atoms with Crippen LogP contribution in [0.4, 0.5) is 0 Å². The van der Waals surface area contributed by atoms with E-state index in [0.29, 0.717) is 12.1 Å². The predicted octanol–water partition coefficient (Wildman–Crippen LogP) is 5.29. The largest absolute Gasteiger partial charge is 0.461 e. The molecule has 0 bridgehead atoms. The number of hydrogen-bond donors (Lipinski definition) is 3. The van der Waals surface area contributed by atoms with Gasteiger partial charge in [-0.1, -0.05) is 72.8 Å². The molecule has 5 N–H and O–H groups in total. The number of carbonyl (C=O) groups is 2. The van der Waals surface area contributed by atoms with Gasteiger partial charge < -0.3 is 31.0 Å². The first-order chi connectivity index (χ1) is 21.2. The van der Waals surface area contributed by atoms with E-state index in [1.54, 1.807) is 13.8 Å². The van der Waals surface area contributed by atoms with E-state index in [4.69, 9.17) is 20.9 Å². The van der Waals surface area contributed by atoms with Crippen molar-refractivity contribution < 1.29 is 23.8 Å². The molecule has 0 heterocycles. The molecule has 0 saturated carbocycles. The highest BCUT2D eigenvalue weighted by Crippen LogP contribution is 2.31. The van der Waals surface area contributed by atoms with Crippen LogP contribution in [0.1, 0.15) is 84.6 Å². The molecule has 0 aromatic heterocycles. The molecule has 1 amide bonds. The summed E-state index contributed by atoms with van der Waals surface area (Å²) in [6.45, 7) is 3.78. The van der Waals surface area contributed by atoms with Crippen molar-refractivity contribution in [1.82, 2.24) is 5.32 Å². The lowest BCUT2D eigenvalue weighted by molar-refractivity contribution is -0.151. The predicted molar refractivity (Wildman–Crippen MR) is 174 cm³/mol. The first-order valence-corrected chi connectivity index (χ1v) is 15.4. The second-order valence-corrected chi connectivity index (χ2v) is 11.5. The van der Waals surface area contributed by atoms with Crippen molar-refractivity contribution in [2.45, 2.75) is 76.6 Å². The third-order valence-corrected chi connectivity index (χ3v) is 7.73. The number of hydrogen-bond acceptors (Lipinski definition) is 7. The molecule has 0 spiro atoms. The fourth-order valence-corrected chi connectivity index (χ4v) is 5.67. The number of nitrogens with one attached hydrogen (secondary N) is 1. The second-order valence-electron chi connectivity index (χ2n) is 11.5. The number of benzene rings is 3. The number of rotatable bonds is 6. The lowest BCUT2D eigenvalue weighted by atomic mass is 10.1.